The molecule has 2 heterocycles. The molecule has 0 aliphatic rings. The Morgan fingerprint density at radius 1 is 1.31 bits per heavy atom. The highest BCUT2D eigenvalue weighted by Crippen LogP contribution is 2.31. The Balaban J connectivity index is 2.75. The lowest BCUT2D eigenvalue weighted by atomic mass is 10.2. The van der Waals surface area contributed by atoms with Crippen molar-refractivity contribution in [2.45, 2.75) is 26.3 Å². The van der Waals surface area contributed by atoms with Crippen molar-refractivity contribution in [1.82, 2.24) is 14.8 Å². The van der Waals surface area contributed by atoms with Crippen LogP contribution in [-0.4, -0.2) is 14.8 Å². The number of halogens is 3. The largest absolute Gasteiger partial charge is 0.266 e. The smallest absolute Gasteiger partial charge is 0.253 e. The molecule has 0 amide bonds. The van der Waals surface area contributed by atoms with Gasteiger partial charge in [-0.05, 0) is 35.8 Å². The molecule has 2 aromatic rings. The van der Waals surface area contributed by atoms with Gasteiger partial charge in [-0.25, -0.2) is 8.78 Å². The molecule has 0 spiro atoms. The average Bonchev–Trinajstić information content (AvgIpc) is 2.56. The maximum Gasteiger partial charge on any atom is 0.266 e. The summed E-state index contributed by atoms with van der Waals surface area (Å²) in [5, 5.41) is 4.16. The molecule has 0 bridgehead atoms. The fraction of sp³-hybridized carbons (Fsp3) is 0.400. The third kappa shape index (κ3) is 1.71. The molecule has 0 saturated carbocycles. The van der Waals surface area contributed by atoms with Crippen molar-refractivity contribution in [1.29, 1.82) is 0 Å². The maximum atomic E-state index is 12.7. The quantitative estimate of drug-likeness (QED) is 0.844. The Hall–Kier alpha value is -1.04. The Bertz CT molecular complexity index is 522. The Morgan fingerprint density at radius 3 is 2.56 bits per heavy atom. The van der Waals surface area contributed by atoms with Crippen molar-refractivity contribution >= 4 is 27.0 Å². The van der Waals surface area contributed by atoms with Gasteiger partial charge in [0.1, 0.15) is 15.6 Å². The second-order valence-corrected chi connectivity index (χ2v) is 4.48. The van der Waals surface area contributed by atoms with E-state index in [0.717, 1.165) is 0 Å². The molecule has 0 aliphatic heterocycles. The lowest BCUT2D eigenvalue weighted by Gasteiger charge is -2.05. The van der Waals surface area contributed by atoms with Gasteiger partial charge >= 0.3 is 0 Å². The minimum Gasteiger partial charge on any atom is -0.253 e. The lowest BCUT2D eigenvalue weighted by molar-refractivity contribution is 0.153. The molecule has 0 aliphatic carbocycles. The first-order chi connectivity index (χ1) is 7.52. The summed E-state index contributed by atoms with van der Waals surface area (Å²) in [5.41, 5.74) is 0.662. The zero-order valence-electron chi connectivity index (χ0n) is 8.78. The zero-order chi connectivity index (χ0) is 11.9. The predicted molar refractivity (Wildman–Crippen MR) is 60.6 cm³/mol. The fourth-order valence-electron chi connectivity index (χ4n) is 1.50. The third-order valence-electron chi connectivity index (χ3n) is 2.28. The predicted octanol–water partition coefficient (Wildman–Crippen LogP) is 3.71. The summed E-state index contributed by atoms with van der Waals surface area (Å²) < 4.78 is 27.8. The average molecular weight is 290 g/mol. The van der Waals surface area contributed by atoms with E-state index >= 15 is 0 Å². The van der Waals surface area contributed by atoms with Crippen LogP contribution >= 0.6 is 15.9 Å². The van der Waals surface area contributed by atoms with E-state index < -0.39 is 6.43 Å². The third-order valence-corrected chi connectivity index (χ3v) is 3.02. The molecular formula is C10H10BrF2N3. The van der Waals surface area contributed by atoms with Gasteiger partial charge in [-0.1, -0.05) is 0 Å². The van der Waals surface area contributed by atoms with Gasteiger partial charge in [-0.2, -0.15) is 5.10 Å². The normalized spacial score (nSPS) is 11.9. The number of fused-ring (bicyclic) bond motifs is 1. The van der Waals surface area contributed by atoms with Crippen molar-refractivity contribution in [3.8, 4) is 0 Å². The van der Waals surface area contributed by atoms with Gasteiger partial charge < -0.3 is 0 Å². The van der Waals surface area contributed by atoms with Crippen LogP contribution in [0.5, 0.6) is 0 Å². The summed E-state index contributed by atoms with van der Waals surface area (Å²) in [6.45, 7) is 3.86. The molecule has 0 aromatic carbocycles. The van der Waals surface area contributed by atoms with Crippen LogP contribution in [0.4, 0.5) is 8.78 Å². The van der Waals surface area contributed by atoms with Crippen LogP contribution in [0.1, 0.15) is 31.9 Å². The highest BCUT2D eigenvalue weighted by atomic mass is 79.9. The number of alkyl halides is 2. The molecule has 6 heteroatoms. The summed E-state index contributed by atoms with van der Waals surface area (Å²) in [4.78, 5) is 4.06. The first-order valence-electron chi connectivity index (χ1n) is 4.83. The minimum absolute atomic E-state index is 0.0786. The van der Waals surface area contributed by atoms with Crippen LogP contribution in [0.25, 0.3) is 11.0 Å². The van der Waals surface area contributed by atoms with Crippen molar-refractivity contribution in [2.24, 2.45) is 0 Å². The van der Waals surface area contributed by atoms with Crippen LogP contribution < -0.4 is 0 Å². The summed E-state index contributed by atoms with van der Waals surface area (Å²) in [5.74, 6) is 0. The number of rotatable bonds is 2. The minimum atomic E-state index is -2.53. The van der Waals surface area contributed by atoms with Gasteiger partial charge in [-0.15, -0.1) is 0 Å². The van der Waals surface area contributed by atoms with Gasteiger partial charge in [0, 0.05) is 17.8 Å². The van der Waals surface area contributed by atoms with E-state index in [0.29, 0.717) is 10.1 Å². The van der Waals surface area contributed by atoms with Gasteiger partial charge in [0.25, 0.3) is 6.43 Å². The first kappa shape index (κ1) is 11.4. The van der Waals surface area contributed by atoms with Crippen molar-refractivity contribution in [2.75, 3.05) is 0 Å². The molecule has 16 heavy (non-hydrogen) atoms. The SMILES string of the molecule is CC(C)n1nc2c(C(F)F)ccnc2c1Br. The Labute approximate surface area is 99.6 Å². The topological polar surface area (TPSA) is 30.7 Å². The van der Waals surface area contributed by atoms with E-state index in [4.69, 9.17) is 0 Å². The molecule has 0 radical (unpaired) electrons. The molecule has 0 saturated heterocycles. The second kappa shape index (κ2) is 4.08. The number of hydrogen-bond donors (Lipinski definition) is 0. The van der Waals surface area contributed by atoms with Gasteiger partial charge in [-0.3, -0.25) is 9.67 Å². The Kier molecular flexibility index (Phi) is 2.92. The molecule has 2 rings (SSSR count). The van der Waals surface area contributed by atoms with E-state index in [1.165, 1.54) is 12.3 Å². The van der Waals surface area contributed by atoms with E-state index in [9.17, 15) is 8.78 Å². The number of aromatic nitrogens is 3. The number of nitrogens with zero attached hydrogens (tertiary/aromatic N) is 3. The number of pyridine rings is 1. The summed E-state index contributed by atoms with van der Waals surface area (Å²) >= 11 is 3.33. The zero-order valence-corrected chi connectivity index (χ0v) is 10.4. The standard InChI is InChI=1S/C10H10BrF2N3/c1-5(2)16-9(11)8-7(15-16)6(10(12)13)3-4-14-8/h3-5,10H,1-2H3. The molecular weight excluding hydrogens is 280 g/mol. The number of hydrogen-bond acceptors (Lipinski definition) is 2. The molecule has 86 valence electrons. The molecule has 2 aromatic heterocycles. The summed E-state index contributed by atoms with van der Waals surface area (Å²) in [6, 6.07) is 1.39. The van der Waals surface area contributed by atoms with Crippen LogP contribution in [0.15, 0.2) is 16.9 Å². The van der Waals surface area contributed by atoms with Crippen LogP contribution in [0.2, 0.25) is 0 Å². The van der Waals surface area contributed by atoms with Crippen LogP contribution in [0, 0.1) is 0 Å². The van der Waals surface area contributed by atoms with E-state index in [1.807, 2.05) is 13.8 Å². The maximum absolute atomic E-state index is 12.7. The molecule has 0 N–H and O–H groups in total. The molecule has 0 atom stereocenters. The highest BCUT2D eigenvalue weighted by Gasteiger charge is 2.19. The molecule has 0 fully saturated rings. The van der Waals surface area contributed by atoms with Crippen molar-refractivity contribution in [3.05, 3.63) is 22.4 Å². The van der Waals surface area contributed by atoms with E-state index in [1.54, 1.807) is 4.68 Å². The van der Waals surface area contributed by atoms with Crippen LogP contribution in [-0.2, 0) is 0 Å². The summed E-state index contributed by atoms with van der Waals surface area (Å²) in [6.07, 6.45) is -1.16. The highest BCUT2D eigenvalue weighted by molar-refractivity contribution is 9.10. The van der Waals surface area contributed by atoms with Gasteiger partial charge in [0.2, 0.25) is 0 Å². The Morgan fingerprint density at radius 2 is 2.00 bits per heavy atom. The van der Waals surface area contributed by atoms with Crippen molar-refractivity contribution in [3.63, 3.8) is 0 Å². The fourth-order valence-corrected chi connectivity index (χ4v) is 2.28. The molecule has 0 unspecified atom stereocenters. The van der Waals surface area contributed by atoms with Crippen molar-refractivity contribution < 1.29 is 8.78 Å². The monoisotopic (exact) mass is 289 g/mol. The van der Waals surface area contributed by atoms with E-state index in [2.05, 4.69) is 26.0 Å². The lowest BCUT2D eigenvalue weighted by Crippen LogP contribution is -2.02. The van der Waals surface area contributed by atoms with Gasteiger partial charge in [0.05, 0.1) is 0 Å². The van der Waals surface area contributed by atoms with Gasteiger partial charge in [0.15, 0.2) is 0 Å². The van der Waals surface area contributed by atoms with E-state index in [-0.39, 0.29) is 17.1 Å². The second-order valence-electron chi connectivity index (χ2n) is 3.73. The molecule has 3 nitrogen and oxygen atoms in total. The summed E-state index contributed by atoms with van der Waals surface area (Å²) in [7, 11) is 0. The first-order valence-corrected chi connectivity index (χ1v) is 5.62. The van der Waals surface area contributed by atoms with Crippen LogP contribution in [0.3, 0.4) is 0 Å².